The predicted octanol–water partition coefficient (Wildman–Crippen LogP) is 1.81. The van der Waals surface area contributed by atoms with Crippen LogP contribution < -0.4 is 0 Å². The number of hydrogen-bond donors (Lipinski definition) is 1. The Morgan fingerprint density at radius 3 is 2.86 bits per heavy atom. The van der Waals surface area contributed by atoms with E-state index in [1.54, 1.807) is 18.2 Å². The van der Waals surface area contributed by atoms with Crippen LogP contribution in [0.15, 0.2) is 18.2 Å². The molecule has 1 amide bonds. The van der Waals surface area contributed by atoms with Crippen LogP contribution in [0.1, 0.15) is 29.1 Å². The van der Waals surface area contributed by atoms with Crippen molar-refractivity contribution in [3.05, 3.63) is 34.3 Å². The summed E-state index contributed by atoms with van der Waals surface area (Å²) in [6.07, 6.45) is -0.846. The molecular weight excluding hydrogens is 202 g/mol. The maximum Gasteiger partial charge on any atom is 0.258 e. The molecule has 0 fully saturated rings. The van der Waals surface area contributed by atoms with Gasteiger partial charge in [-0.05, 0) is 13.0 Å². The molecule has 2 rings (SSSR count). The second-order valence-electron chi connectivity index (χ2n) is 3.17. The van der Waals surface area contributed by atoms with Crippen LogP contribution in [0.25, 0.3) is 0 Å². The molecule has 4 heteroatoms. The summed E-state index contributed by atoms with van der Waals surface area (Å²) in [6.45, 7) is 2.30. The number of amides is 1. The second kappa shape index (κ2) is 3.26. The van der Waals surface area contributed by atoms with Crippen LogP contribution in [-0.4, -0.2) is 22.5 Å². The van der Waals surface area contributed by atoms with Gasteiger partial charge in [-0.25, -0.2) is 0 Å². The Morgan fingerprint density at radius 2 is 2.29 bits per heavy atom. The van der Waals surface area contributed by atoms with Crippen LogP contribution in [0.5, 0.6) is 0 Å². The molecule has 0 aromatic heterocycles. The topological polar surface area (TPSA) is 40.5 Å². The minimum Gasteiger partial charge on any atom is -0.369 e. The van der Waals surface area contributed by atoms with E-state index in [0.717, 1.165) is 0 Å². The van der Waals surface area contributed by atoms with Crippen LogP contribution in [-0.2, 0) is 0 Å². The van der Waals surface area contributed by atoms with Gasteiger partial charge in [0.15, 0.2) is 6.23 Å². The van der Waals surface area contributed by atoms with Gasteiger partial charge in [0.1, 0.15) is 0 Å². The van der Waals surface area contributed by atoms with Crippen molar-refractivity contribution in [1.29, 1.82) is 0 Å². The number of halogens is 1. The third kappa shape index (κ3) is 1.13. The van der Waals surface area contributed by atoms with E-state index in [1.165, 1.54) is 4.90 Å². The number of benzene rings is 1. The van der Waals surface area contributed by atoms with Gasteiger partial charge in [-0.2, -0.15) is 0 Å². The van der Waals surface area contributed by atoms with Crippen LogP contribution in [0.3, 0.4) is 0 Å². The second-order valence-corrected chi connectivity index (χ2v) is 3.58. The first-order valence-electron chi connectivity index (χ1n) is 4.44. The van der Waals surface area contributed by atoms with Crippen molar-refractivity contribution >= 4 is 17.5 Å². The Bertz CT molecular complexity index is 392. The quantitative estimate of drug-likeness (QED) is 0.770. The Balaban J connectivity index is 2.58. The lowest BCUT2D eigenvalue weighted by molar-refractivity contribution is 0.0203. The first-order chi connectivity index (χ1) is 6.66. The lowest BCUT2D eigenvalue weighted by atomic mass is 10.1. The zero-order valence-corrected chi connectivity index (χ0v) is 8.45. The molecular formula is C10H10ClNO2. The highest BCUT2D eigenvalue weighted by molar-refractivity contribution is 6.34. The fourth-order valence-corrected chi connectivity index (χ4v) is 1.98. The predicted molar refractivity (Wildman–Crippen MR) is 53.1 cm³/mol. The van der Waals surface area contributed by atoms with E-state index in [0.29, 0.717) is 22.7 Å². The molecule has 3 nitrogen and oxygen atoms in total. The molecule has 1 aliphatic heterocycles. The average Bonchev–Trinajstić information content (AvgIpc) is 2.41. The Morgan fingerprint density at radius 1 is 1.57 bits per heavy atom. The van der Waals surface area contributed by atoms with Gasteiger partial charge < -0.3 is 10.0 Å². The van der Waals surface area contributed by atoms with Crippen molar-refractivity contribution in [2.45, 2.75) is 13.2 Å². The van der Waals surface area contributed by atoms with Gasteiger partial charge in [0.05, 0.1) is 10.6 Å². The third-order valence-electron chi connectivity index (χ3n) is 2.43. The molecule has 1 aromatic rings. The summed E-state index contributed by atoms with van der Waals surface area (Å²) in [6, 6.07) is 5.11. The van der Waals surface area contributed by atoms with E-state index in [9.17, 15) is 9.90 Å². The number of fused-ring (bicyclic) bond motifs is 1. The van der Waals surface area contributed by atoms with Crippen molar-refractivity contribution in [2.75, 3.05) is 6.54 Å². The van der Waals surface area contributed by atoms with Gasteiger partial charge in [0.2, 0.25) is 0 Å². The SMILES string of the molecule is CCN1C(=O)c2c(Cl)cccc2C1O. The van der Waals surface area contributed by atoms with E-state index in [1.807, 2.05) is 6.92 Å². The maximum absolute atomic E-state index is 11.7. The molecule has 1 heterocycles. The number of carbonyl (C=O) groups excluding carboxylic acids is 1. The summed E-state index contributed by atoms with van der Waals surface area (Å²) in [5, 5.41) is 10.2. The Hall–Kier alpha value is -1.06. The molecule has 1 aliphatic rings. The molecule has 1 atom stereocenters. The molecule has 0 bridgehead atoms. The maximum atomic E-state index is 11.7. The molecule has 14 heavy (non-hydrogen) atoms. The van der Waals surface area contributed by atoms with Gasteiger partial charge in [-0.3, -0.25) is 4.79 Å². The van der Waals surface area contributed by atoms with Crippen LogP contribution in [0.2, 0.25) is 5.02 Å². The number of hydrogen-bond acceptors (Lipinski definition) is 2. The van der Waals surface area contributed by atoms with E-state index in [-0.39, 0.29) is 5.91 Å². The van der Waals surface area contributed by atoms with Gasteiger partial charge >= 0.3 is 0 Å². The normalized spacial score (nSPS) is 20.1. The van der Waals surface area contributed by atoms with Gasteiger partial charge in [0.25, 0.3) is 5.91 Å². The monoisotopic (exact) mass is 211 g/mol. The zero-order valence-electron chi connectivity index (χ0n) is 7.70. The summed E-state index contributed by atoms with van der Waals surface area (Å²) in [5.74, 6) is -0.194. The first-order valence-corrected chi connectivity index (χ1v) is 4.82. The van der Waals surface area contributed by atoms with Crippen molar-refractivity contribution in [1.82, 2.24) is 4.90 Å². The number of aliphatic hydroxyl groups excluding tert-OH is 1. The van der Waals surface area contributed by atoms with Gasteiger partial charge in [0, 0.05) is 12.1 Å². The zero-order chi connectivity index (χ0) is 10.3. The minimum atomic E-state index is -0.846. The Labute approximate surface area is 86.9 Å². The van der Waals surface area contributed by atoms with E-state index < -0.39 is 6.23 Å². The van der Waals surface area contributed by atoms with Gasteiger partial charge in [-0.1, -0.05) is 23.7 Å². The molecule has 0 aliphatic carbocycles. The first kappa shape index (κ1) is 9.49. The van der Waals surface area contributed by atoms with E-state index in [2.05, 4.69) is 0 Å². The fraction of sp³-hybridized carbons (Fsp3) is 0.300. The summed E-state index contributed by atoms with van der Waals surface area (Å²) in [4.78, 5) is 13.1. The molecule has 0 saturated carbocycles. The Kier molecular flexibility index (Phi) is 2.21. The fourth-order valence-electron chi connectivity index (χ4n) is 1.72. The number of rotatable bonds is 1. The number of aliphatic hydroxyl groups is 1. The molecule has 0 radical (unpaired) electrons. The average molecular weight is 212 g/mol. The molecule has 74 valence electrons. The van der Waals surface area contributed by atoms with Crippen LogP contribution >= 0.6 is 11.6 Å². The van der Waals surface area contributed by atoms with Crippen LogP contribution in [0, 0.1) is 0 Å². The van der Waals surface area contributed by atoms with Crippen molar-refractivity contribution < 1.29 is 9.90 Å². The molecule has 1 N–H and O–H groups in total. The summed E-state index contributed by atoms with van der Waals surface area (Å²) >= 11 is 5.89. The molecule has 0 spiro atoms. The van der Waals surface area contributed by atoms with Crippen molar-refractivity contribution in [3.63, 3.8) is 0 Å². The molecule has 0 saturated heterocycles. The lowest BCUT2D eigenvalue weighted by Gasteiger charge is -2.17. The lowest BCUT2D eigenvalue weighted by Crippen LogP contribution is -2.27. The molecule has 1 aromatic carbocycles. The number of nitrogens with zero attached hydrogens (tertiary/aromatic N) is 1. The van der Waals surface area contributed by atoms with Crippen LogP contribution in [0.4, 0.5) is 0 Å². The highest BCUT2D eigenvalue weighted by Gasteiger charge is 2.35. The summed E-state index contributed by atoms with van der Waals surface area (Å²) in [7, 11) is 0. The van der Waals surface area contributed by atoms with Crippen molar-refractivity contribution in [3.8, 4) is 0 Å². The molecule has 1 unspecified atom stereocenters. The van der Waals surface area contributed by atoms with Gasteiger partial charge in [-0.15, -0.1) is 0 Å². The van der Waals surface area contributed by atoms with Crippen molar-refractivity contribution in [2.24, 2.45) is 0 Å². The largest absolute Gasteiger partial charge is 0.369 e. The smallest absolute Gasteiger partial charge is 0.258 e. The van der Waals surface area contributed by atoms with E-state index >= 15 is 0 Å². The standard InChI is InChI=1S/C10H10ClNO2/c1-2-12-9(13)6-4-3-5-7(11)8(6)10(12)14/h3-5,9,13H,2H2,1H3. The highest BCUT2D eigenvalue weighted by Crippen LogP contribution is 2.35. The van der Waals surface area contributed by atoms with E-state index in [4.69, 9.17) is 11.6 Å². The minimum absolute atomic E-state index is 0.194. The summed E-state index contributed by atoms with van der Waals surface area (Å²) < 4.78 is 0. The summed E-state index contributed by atoms with van der Waals surface area (Å²) in [5.41, 5.74) is 1.04. The number of carbonyl (C=O) groups is 1. The highest BCUT2D eigenvalue weighted by atomic mass is 35.5. The third-order valence-corrected chi connectivity index (χ3v) is 2.75.